The van der Waals surface area contributed by atoms with Gasteiger partial charge in [-0.1, -0.05) is 110 Å². The summed E-state index contributed by atoms with van der Waals surface area (Å²) in [6.45, 7) is 5.15. The minimum atomic E-state index is -1.98. The van der Waals surface area contributed by atoms with Crippen LogP contribution >= 0.6 is 11.3 Å². The summed E-state index contributed by atoms with van der Waals surface area (Å²) in [5, 5.41) is 11.1. The summed E-state index contributed by atoms with van der Waals surface area (Å²) in [6, 6.07) is 48.8. The first-order chi connectivity index (χ1) is 23.1. The summed E-state index contributed by atoms with van der Waals surface area (Å²) in [5.74, 6) is 0. The Hall–Kier alpha value is -5.10. The molecule has 9 aromatic rings. The van der Waals surface area contributed by atoms with E-state index in [4.69, 9.17) is 0 Å². The van der Waals surface area contributed by atoms with Crippen LogP contribution in [0.1, 0.15) is 0 Å². The smallest absolute Gasteiger partial charge is 0.333 e. The highest BCUT2D eigenvalue weighted by atomic mass is 32.1. The SMILES string of the molecule is C[Si]1(C)c2ccccc2N2c3cc4sc5ccccc5c4c4c3B(c3cccc1c32)n1c2cc3ccccc3cc2c2cccc-4c21. The van der Waals surface area contributed by atoms with Gasteiger partial charge in [-0.3, -0.25) is 0 Å². The first kappa shape index (κ1) is 25.0. The number of fused-ring (bicyclic) bond motifs is 14. The first-order valence-electron chi connectivity index (χ1n) is 16.6. The van der Waals surface area contributed by atoms with E-state index in [9.17, 15) is 0 Å². The third-order valence-electron chi connectivity index (χ3n) is 11.5. The van der Waals surface area contributed by atoms with Crippen molar-refractivity contribution in [1.82, 2.24) is 4.48 Å². The van der Waals surface area contributed by atoms with Gasteiger partial charge >= 0.3 is 6.85 Å². The van der Waals surface area contributed by atoms with E-state index in [-0.39, 0.29) is 6.85 Å². The minimum absolute atomic E-state index is 0.0698. The van der Waals surface area contributed by atoms with Crippen LogP contribution in [-0.4, -0.2) is 19.4 Å². The lowest BCUT2D eigenvalue weighted by molar-refractivity contribution is 1.26. The summed E-state index contributed by atoms with van der Waals surface area (Å²) in [6.07, 6.45) is 0. The van der Waals surface area contributed by atoms with Crippen LogP contribution < -0.4 is 26.2 Å². The normalized spacial score (nSPS) is 15.1. The number of rotatable bonds is 0. The summed E-state index contributed by atoms with van der Waals surface area (Å²) < 4.78 is 5.44. The summed E-state index contributed by atoms with van der Waals surface area (Å²) in [5.41, 5.74) is 12.4. The van der Waals surface area contributed by atoms with Gasteiger partial charge in [0.05, 0.1) is 0 Å². The van der Waals surface area contributed by atoms with E-state index < -0.39 is 8.07 Å². The molecule has 12 rings (SSSR count). The minimum Gasteiger partial charge on any atom is -0.375 e. The van der Waals surface area contributed by atoms with E-state index in [0.717, 1.165) is 0 Å². The van der Waals surface area contributed by atoms with Crippen LogP contribution in [0.25, 0.3) is 63.9 Å². The van der Waals surface area contributed by atoms with Crippen LogP contribution in [-0.2, 0) is 0 Å². The molecule has 0 amide bonds. The van der Waals surface area contributed by atoms with Crippen LogP contribution in [0.4, 0.5) is 17.1 Å². The zero-order chi connectivity index (χ0) is 30.8. The van der Waals surface area contributed by atoms with Crippen LogP contribution in [0.15, 0.2) is 127 Å². The van der Waals surface area contributed by atoms with Crippen molar-refractivity contribution in [3.8, 4) is 11.1 Å². The average Bonchev–Trinajstić information content (AvgIpc) is 3.63. The monoisotopic (exact) mass is 630 g/mol. The summed E-state index contributed by atoms with van der Waals surface area (Å²) in [7, 11) is -1.98. The van der Waals surface area contributed by atoms with Gasteiger partial charge in [-0.15, -0.1) is 11.3 Å². The maximum atomic E-state index is 2.72. The molecule has 0 spiro atoms. The summed E-state index contributed by atoms with van der Waals surface area (Å²) >= 11 is 1.94. The Balaban J connectivity index is 1.36. The van der Waals surface area contributed by atoms with E-state index in [2.05, 4.69) is 150 Å². The maximum absolute atomic E-state index is 2.72. The van der Waals surface area contributed by atoms with Crippen molar-refractivity contribution in [3.05, 3.63) is 127 Å². The fourth-order valence-corrected chi connectivity index (χ4v) is 13.7. The number of hydrogen-bond acceptors (Lipinski definition) is 2. The highest BCUT2D eigenvalue weighted by Crippen LogP contribution is 2.51. The Morgan fingerprint density at radius 2 is 1.36 bits per heavy atom. The van der Waals surface area contributed by atoms with Gasteiger partial charge in [0.1, 0.15) is 8.07 Å². The number of nitrogens with zero attached hydrogens (tertiary/aromatic N) is 2. The maximum Gasteiger partial charge on any atom is 0.333 e. The van der Waals surface area contributed by atoms with Gasteiger partial charge in [0, 0.05) is 64.6 Å². The van der Waals surface area contributed by atoms with E-state index in [0.29, 0.717) is 0 Å². The number of aromatic nitrogens is 1. The molecule has 0 aliphatic carbocycles. The molecule has 0 radical (unpaired) electrons. The topological polar surface area (TPSA) is 8.17 Å². The highest BCUT2D eigenvalue weighted by molar-refractivity contribution is 7.26. The van der Waals surface area contributed by atoms with Crippen molar-refractivity contribution >= 4 is 117 Å². The summed E-state index contributed by atoms with van der Waals surface area (Å²) in [4.78, 5) is 2.66. The lowest BCUT2D eigenvalue weighted by Crippen LogP contribution is -2.65. The third-order valence-corrected chi connectivity index (χ3v) is 16.1. The second-order valence-corrected chi connectivity index (χ2v) is 19.5. The van der Waals surface area contributed by atoms with E-state index in [1.807, 2.05) is 11.3 Å². The van der Waals surface area contributed by atoms with Crippen molar-refractivity contribution in [1.29, 1.82) is 0 Å². The molecule has 218 valence electrons. The standard InChI is InChI=1S/C42H27BN2SSi/c1-47(2)36-19-8-6-17-31(36)44-33-23-35-38(27-13-5-7-18-34(27)46-35)39-28-15-9-14-26-29-21-24-11-3-4-12-25(24)22-32(29)45(41(26)28)43(40(33)39)30-16-10-20-37(47)42(30)44/h3-23H,1-2H3. The molecule has 0 atom stereocenters. The lowest BCUT2D eigenvalue weighted by atomic mass is 9.45. The second-order valence-electron chi connectivity index (χ2n) is 14.1. The van der Waals surface area contributed by atoms with Crippen LogP contribution in [0, 0.1) is 0 Å². The van der Waals surface area contributed by atoms with Gasteiger partial charge < -0.3 is 9.38 Å². The fourth-order valence-electron chi connectivity index (χ4n) is 9.56. The molecule has 47 heavy (non-hydrogen) atoms. The van der Waals surface area contributed by atoms with Crippen molar-refractivity contribution < 1.29 is 0 Å². The number of anilines is 3. The predicted molar refractivity (Wildman–Crippen MR) is 207 cm³/mol. The molecule has 2 aromatic heterocycles. The van der Waals surface area contributed by atoms with Crippen molar-refractivity contribution in [2.45, 2.75) is 13.1 Å². The van der Waals surface area contributed by atoms with E-state index >= 15 is 0 Å². The van der Waals surface area contributed by atoms with E-state index in [1.54, 1.807) is 0 Å². The Morgan fingerprint density at radius 1 is 0.617 bits per heavy atom. The largest absolute Gasteiger partial charge is 0.375 e. The third kappa shape index (κ3) is 2.83. The molecule has 0 unspecified atom stereocenters. The van der Waals surface area contributed by atoms with Crippen LogP contribution in [0.3, 0.4) is 0 Å². The number of para-hydroxylation sites is 3. The van der Waals surface area contributed by atoms with Gasteiger partial charge in [-0.05, 0) is 68.0 Å². The molecular weight excluding hydrogens is 603 g/mol. The Bertz CT molecular complexity index is 2910. The molecule has 0 saturated heterocycles. The molecule has 3 aliphatic rings. The quantitative estimate of drug-likeness (QED) is 0.152. The highest BCUT2D eigenvalue weighted by Gasteiger charge is 2.48. The Morgan fingerprint density at radius 3 is 2.28 bits per heavy atom. The van der Waals surface area contributed by atoms with Crippen LogP contribution in [0.5, 0.6) is 0 Å². The van der Waals surface area contributed by atoms with Gasteiger partial charge in [-0.2, -0.15) is 0 Å². The molecule has 5 heterocycles. The van der Waals surface area contributed by atoms with E-state index in [1.165, 1.54) is 102 Å². The zero-order valence-electron chi connectivity index (χ0n) is 26.0. The molecule has 3 aliphatic heterocycles. The molecule has 0 bridgehead atoms. The van der Waals surface area contributed by atoms with Gasteiger partial charge in [0.2, 0.25) is 0 Å². The van der Waals surface area contributed by atoms with Gasteiger partial charge in [0.25, 0.3) is 0 Å². The van der Waals surface area contributed by atoms with Gasteiger partial charge in [-0.25, -0.2) is 0 Å². The molecule has 0 saturated carbocycles. The molecule has 0 N–H and O–H groups in total. The second kappa shape index (κ2) is 8.24. The lowest BCUT2D eigenvalue weighted by Gasteiger charge is -2.47. The number of benzene rings is 7. The molecular formula is C42H27BN2SSi. The number of thiophene rings is 1. The molecule has 7 aromatic carbocycles. The van der Waals surface area contributed by atoms with Crippen molar-refractivity contribution in [2.24, 2.45) is 0 Å². The predicted octanol–water partition coefficient (Wildman–Crippen LogP) is 8.87. The number of hydrogen-bond donors (Lipinski definition) is 0. The van der Waals surface area contributed by atoms with Gasteiger partial charge in [0.15, 0.2) is 0 Å². The molecule has 5 heteroatoms. The Kier molecular flexibility index (Phi) is 4.39. The zero-order valence-corrected chi connectivity index (χ0v) is 27.8. The molecule has 2 nitrogen and oxygen atoms in total. The Labute approximate surface area is 277 Å². The van der Waals surface area contributed by atoms with Crippen molar-refractivity contribution in [2.75, 3.05) is 4.90 Å². The van der Waals surface area contributed by atoms with Crippen molar-refractivity contribution in [3.63, 3.8) is 0 Å². The average molecular weight is 631 g/mol. The van der Waals surface area contributed by atoms with Crippen LogP contribution in [0.2, 0.25) is 13.1 Å². The fraction of sp³-hybridized carbons (Fsp3) is 0.0476. The molecule has 0 fully saturated rings. The first-order valence-corrected chi connectivity index (χ1v) is 20.4.